The van der Waals surface area contributed by atoms with Gasteiger partial charge in [0.25, 0.3) is 0 Å². The molecule has 0 aromatic rings. The van der Waals surface area contributed by atoms with Crippen LogP contribution in [0.1, 0.15) is 6.42 Å². The second-order valence-corrected chi connectivity index (χ2v) is 4.01. The summed E-state index contributed by atoms with van der Waals surface area (Å²) in [6, 6.07) is 0. The molecule has 1 unspecified atom stereocenters. The molecule has 0 spiro atoms. The topological polar surface area (TPSA) is 102 Å². The summed E-state index contributed by atoms with van der Waals surface area (Å²) in [6.45, 7) is -2.29. The van der Waals surface area contributed by atoms with Gasteiger partial charge in [0, 0.05) is 13.0 Å². The second kappa shape index (κ2) is 5.87. The third-order valence-electron chi connectivity index (χ3n) is 2.34. The molecule has 0 saturated carbocycles. The number of carbonyl (C=O) groups is 3. The highest BCUT2D eigenvalue weighted by molar-refractivity contribution is 5.88. The number of nitrogens with one attached hydrogen (secondary N) is 1. The Kier molecular flexibility index (Phi) is 4.70. The standard InChI is InChI=1S/C9H12F3N3O4/c10-9(11,12)4-15-2-5(1-7(15)17)8(18)14-19-3-6(13)16/h5H,1-4H2,(H2,13,16)(H,14,18). The average Bonchev–Trinajstić information content (AvgIpc) is 2.57. The maximum absolute atomic E-state index is 12.1. The zero-order chi connectivity index (χ0) is 14.6. The summed E-state index contributed by atoms with van der Waals surface area (Å²) in [7, 11) is 0. The number of primary amides is 1. The molecule has 1 aliphatic heterocycles. The summed E-state index contributed by atoms with van der Waals surface area (Å²) < 4.78 is 36.4. The zero-order valence-corrected chi connectivity index (χ0v) is 9.70. The molecule has 0 aliphatic carbocycles. The molecule has 10 heteroatoms. The van der Waals surface area contributed by atoms with Crippen molar-refractivity contribution in [1.82, 2.24) is 10.4 Å². The van der Waals surface area contributed by atoms with Crippen molar-refractivity contribution in [3.63, 3.8) is 0 Å². The Morgan fingerprint density at radius 2 is 2.11 bits per heavy atom. The van der Waals surface area contributed by atoms with Crippen LogP contribution >= 0.6 is 0 Å². The van der Waals surface area contributed by atoms with E-state index in [1.54, 1.807) is 0 Å². The fraction of sp³-hybridized carbons (Fsp3) is 0.667. The third-order valence-corrected chi connectivity index (χ3v) is 2.34. The Bertz CT molecular complexity index is 385. The SMILES string of the molecule is NC(=O)CONC(=O)C1CC(=O)N(CC(F)(F)F)C1. The Morgan fingerprint density at radius 3 is 2.63 bits per heavy atom. The normalized spacial score (nSPS) is 19.6. The van der Waals surface area contributed by atoms with Crippen LogP contribution in [0.15, 0.2) is 0 Å². The molecule has 3 N–H and O–H groups in total. The first-order valence-electron chi connectivity index (χ1n) is 5.23. The Labute approximate surface area is 105 Å². The van der Waals surface area contributed by atoms with Gasteiger partial charge in [0.1, 0.15) is 6.54 Å². The third kappa shape index (κ3) is 5.12. The first-order chi connectivity index (χ1) is 8.69. The molecular formula is C9H12F3N3O4. The number of nitrogens with zero attached hydrogens (tertiary/aromatic N) is 1. The second-order valence-electron chi connectivity index (χ2n) is 4.01. The molecule has 108 valence electrons. The maximum atomic E-state index is 12.1. The minimum atomic E-state index is -4.51. The fourth-order valence-corrected chi connectivity index (χ4v) is 1.58. The van der Waals surface area contributed by atoms with Gasteiger partial charge in [-0.2, -0.15) is 13.2 Å². The van der Waals surface area contributed by atoms with Crippen LogP contribution in [-0.4, -0.2) is 48.5 Å². The molecule has 1 rings (SSSR count). The number of hydroxylamine groups is 1. The summed E-state index contributed by atoms with van der Waals surface area (Å²) in [5.74, 6) is -3.28. The van der Waals surface area contributed by atoms with Gasteiger partial charge in [-0.25, -0.2) is 5.48 Å². The van der Waals surface area contributed by atoms with E-state index in [0.29, 0.717) is 4.90 Å². The van der Waals surface area contributed by atoms with E-state index < -0.39 is 43.0 Å². The van der Waals surface area contributed by atoms with Gasteiger partial charge in [-0.15, -0.1) is 0 Å². The van der Waals surface area contributed by atoms with Crippen molar-refractivity contribution in [3.8, 4) is 0 Å². The quantitative estimate of drug-likeness (QED) is 0.627. The fourth-order valence-electron chi connectivity index (χ4n) is 1.58. The lowest BCUT2D eigenvalue weighted by Crippen LogP contribution is -2.38. The zero-order valence-electron chi connectivity index (χ0n) is 9.70. The molecule has 1 atom stereocenters. The molecule has 0 bridgehead atoms. The predicted octanol–water partition coefficient (Wildman–Crippen LogP) is -1.07. The molecule has 1 heterocycles. The van der Waals surface area contributed by atoms with Crippen LogP contribution < -0.4 is 11.2 Å². The molecule has 3 amide bonds. The highest BCUT2D eigenvalue weighted by Gasteiger charge is 2.40. The van der Waals surface area contributed by atoms with Crippen molar-refractivity contribution in [1.29, 1.82) is 0 Å². The minimum Gasteiger partial charge on any atom is -0.368 e. The summed E-state index contributed by atoms with van der Waals surface area (Å²) in [6.07, 6.45) is -4.84. The smallest absolute Gasteiger partial charge is 0.368 e. The van der Waals surface area contributed by atoms with Crippen molar-refractivity contribution in [2.24, 2.45) is 11.7 Å². The summed E-state index contributed by atoms with van der Waals surface area (Å²) >= 11 is 0. The highest BCUT2D eigenvalue weighted by atomic mass is 19.4. The number of carbonyl (C=O) groups excluding carboxylic acids is 3. The molecule has 7 nitrogen and oxygen atoms in total. The number of hydrogen-bond donors (Lipinski definition) is 2. The van der Waals surface area contributed by atoms with Gasteiger partial charge < -0.3 is 10.6 Å². The van der Waals surface area contributed by atoms with Crippen molar-refractivity contribution in [3.05, 3.63) is 0 Å². The molecule has 0 aromatic carbocycles. The van der Waals surface area contributed by atoms with Gasteiger partial charge in [-0.05, 0) is 0 Å². The summed E-state index contributed by atoms with van der Waals surface area (Å²) in [5, 5.41) is 0. The van der Waals surface area contributed by atoms with E-state index in [1.807, 2.05) is 5.48 Å². The van der Waals surface area contributed by atoms with Crippen molar-refractivity contribution < 1.29 is 32.4 Å². The van der Waals surface area contributed by atoms with Crippen molar-refractivity contribution in [2.75, 3.05) is 19.7 Å². The van der Waals surface area contributed by atoms with Crippen LogP contribution in [-0.2, 0) is 19.2 Å². The number of hydrogen-bond acceptors (Lipinski definition) is 4. The van der Waals surface area contributed by atoms with E-state index in [-0.39, 0.29) is 13.0 Å². The average molecular weight is 283 g/mol. The predicted molar refractivity (Wildman–Crippen MR) is 54.0 cm³/mol. The number of alkyl halides is 3. The lowest BCUT2D eigenvalue weighted by Gasteiger charge is -2.18. The first-order valence-corrected chi connectivity index (χ1v) is 5.23. The van der Waals surface area contributed by atoms with Gasteiger partial charge >= 0.3 is 6.18 Å². The number of halogens is 3. The van der Waals surface area contributed by atoms with Crippen LogP contribution in [0.3, 0.4) is 0 Å². The maximum Gasteiger partial charge on any atom is 0.406 e. The van der Waals surface area contributed by atoms with Gasteiger partial charge in [-0.3, -0.25) is 19.2 Å². The lowest BCUT2D eigenvalue weighted by atomic mass is 10.1. The van der Waals surface area contributed by atoms with Crippen LogP contribution in [0.2, 0.25) is 0 Å². The van der Waals surface area contributed by atoms with Crippen LogP contribution in [0, 0.1) is 5.92 Å². The van der Waals surface area contributed by atoms with Gasteiger partial charge in [0.2, 0.25) is 17.7 Å². The number of rotatable bonds is 5. The van der Waals surface area contributed by atoms with E-state index in [9.17, 15) is 27.6 Å². The Balaban J connectivity index is 2.43. The molecule has 0 aromatic heterocycles. The van der Waals surface area contributed by atoms with Crippen LogP contribution in [0.4, 0.5) is 13.2 Å². The van der Waals surface area contributed by atoms with Crippen LogP contribution in [0.25, 0.3) is 0 Å². The summed E-state index contributed by atoms with van der Waals surface area (Å²) in [4.78, 5) is 38.0. The number of amides is 3. The molecule has 19 heavy (non-hydrogen) atoms. The van der Waals surface area contributed by atoms with Gasteiger partial charge in [-0.1, -0.05) is 0 Å². The first kappa shape index (κ1) is 15.2. The summed E-state index contributed by atoms with van der Waals surface area (Å²) in [5.41, 5.74) is 6.60. The largest absolute Gasteiger partial charge is 0.406 e. The molecule has 1 aliphatic rings. The highest BCUT2D eigenvalue weighted by Crippen LogP contribution is 2.23. The molecule has 1 fully saturated rings. The minimum absolute atomic E-state index is 0.332. The van der Waals surface area contributed by atoms with E-state index in [1.165, 1.54) is 0 Å². The monoisotopic (exact) mass is 283 g/mol. The van der Waals surface area contributed by atoms with E-state index >= 15 is 0 Å². The Hall–Kier alpha value is -1.84. The van der Waals surface area contributed by atoms with Gasteiger partial charge in [0.05, 0.1) is 5.92 Å². The Morgan fingerprint density at radius 1 is 1.47 bits per heavy atom. The lowest BCUT2D eigenvalue weighted by molar-refractivity contribution is -0.157. The molecule has 1 saturated heterocycles. The molecular weight excluding hydrogens is 271 g/mol. The number of nitrogens with two attached hydrogens (primary N) is 1. The molecule has 0 radical (unpaired) electrons. The van der Waals surface area contributed by atoms with E-state index in [2.05, 4.69) is 4.84 Å². The number of likely N-dealkylation sites (tertiary alicyclic amines) is 1. The van der Waals surface area contributed by atoms with Crippen molar-refractivity contribution >= 4 is 17.7 Å². The van der Waals surface area contributed by atoms with E-state index in [0.717, 1.165) is 0 Å². The van der Waals surface area contributed by atoms with Crippen LogP contribution in [0.5, 0.6) is 0 Å². The van der Waals surface area contributed by atoms with Gasteiger partial charge in [0.15, 0.2) is 6.61 Å². The van der Waals surface area contributed by atoms with E-state index in [4.69, 9.17) is 5.73 Å². The van der Waals surface area contributed by atoms with Crippen molar-refractivity contribution in [2.45, 2.75) is 12.6 Å².